The molecule has 0 unspecified atom stereocenters. The fraction of sp³-hybridized carbons (Fsp3) is 0.231. The Balaban J connectivity index is 2.33. The van der Waals surface area contributed by atoms with Gasteiger partial charge in [0.05, 0.1) is 9.83 Å². The van der Waals surface area contributed by atoms with Crippen molar-refractivity contribution in [1.82, 2.24) is 4.90 Å². The van der Waals surface area contributed by atoms with Crippen molar-refractivity contribution in [2.75, 3.05) is 0 Å². The SMILES string of the molecule is CC(C)N1C(=O)S/C(=C\c2cccc([N+](=O)[O-])c2)C1=O. The molecule has 0 bridgehead atoms. The molecule has 0 N–H and O–H groups in total. The summed E-state index contributed by atoms with van der Waals surface area (Å²) < 4.78 is 0. The van der Waals surface area contributed by atoms with E-state index in [9.17, 15) is 19.7 Å². The molecule has 1 aromatic rings. The third-order valence-electron chi connectivity index (χ3n) is 2.72. The van der Waals surface area contributed by atoms with Crippen molar-refractivity contribution in [3.05, 3.63) is 44.8 Å². The summed E-state index contributed by atoms with van der Waals surface area (Å²) in [5, 5.41) is 10.4. The predicted molar refractivity (Wildman–Crippen MR) is 76.0 cm³/mol. The molecule has 6 nitrogen and oxygen atoms in total. The van der Waals surface area contributed by atoms with Gasteiger partial charge < -0.3 is 0 Å². The minimum absolute atomic E-state index is 0.0539. The predicted octanol–water partition coefficient (Wildman–Crippen LogP) is 3.04. The third-order valence-corrected chi connectivity index (χ3v) is 3.60. The first kappa shape index (κ1) is 14.3. The van der Waals surface area contributed by atoms with Crippen LogP contribution >= 0.6 is 11.8 Å². The summed E-state index contributed by atoms with van der Waals surface area (Å²) in [6.45, 7) is 3.51. The fourth-order valence-corrected chi connectivity index (χ4v) is 2.77. The Morgan fingerprint density at radius 1 is 1.35 bits per heavy atom. The topological polar surface area (TPSA) is 80.5 Å². The Morgan fingerprint density at radius 2 is 2.05 bits per heavy atom. The normalized spacial score (nSPS) is 17.4. The van der Waals surface area contributed by atoms with Gasteiger partial charge in [-0.15, -0.1) is 0 Å². The Labute approximate surface area is 119 Å². The number of nitrogens with zero attached hydrogens (tertiary/aromatic N) is 2. The molecule has 7 heteroatoms. The second-order valence-electron chi connectivity index (χ2n) is 4.50. The molecule has 1 fully saturated rings. The van der Waals surface area contributed by atoms with Crippen LogP contribution in [0.3, 0.4) is 0 Å². The van der Waals surface area contributed by atoms with Gasteiger partial charge in [0.15, 0.2) is 0 Å². The van der Waals surface area contributed by atoms with Crippen molar-refractivity contribution in [3.63, 3.8) is 0 Å². The van der Waals surface area contributed by atoms with Crippen LogP contribution in [0.25, 0.3) is 6.08 Å². The second kappa shape index (κ2) is 5.46. The number of hydrogen-bond donors (Lipinski definition) is 0. The molecule has 20 heavy (non-hydrogen) atoms. The summed E-state index contributed by atoms with van der Waals surface area (Å²) in [5.74, 6) is -0.360. The summed E-state index contributed by atoms with van der Waals surface area (Å²) >= 11 is 0.848. The van der Waals surface area contributed by atoms with Crippen molar-refractivity contribution in [3.8, 4) is 0 Å². The van der Waals surface area contributed by atoms with E-state index in [0.717, 1.165) is 11.8 Å². The summed E-state index contributed by atoms with van der Waals surface area (Å²) in [5.41, 5.74) is 0.468. The summed E-state index contributed by atoms with van der Waals surface area (Å²) in [4.78, 5) is 35.4. The van der Waals surface area contributed by atoms with Gasteiger partial charge in [-0.25, -0.2) is 0 Å². The largest absolute Gasteiger partial charge is 0.293 e. The monoisotopic (exact) mass is 292 g/mol. The van der Waals surface area contributed by atoms with Gasteiger partial charge in [0.25, 0.3) is 16.8 Å². The van der Waals surface area contributed by atoms with Crippen LogP contribution in [0.1, 0.15) is 19.4 Å². The first-order chi connectivity index (χ1) is 9.40. The van der Waals surface area contributed by atoms with Crippen molar-refractivity contribution >= 4 is 34.7 Å². The number of rotatable bonds is 3. The number of non-ortho nitro benzene ring substituents is 1. The molecule has 1 saturated heterocycles. The molecular weight excluding hydrogens is 280 g/mol. The number of carbonyl (C=O) groups is 2. The van der Waals surface area contributed by atoms with E-state index in [0.29, 0.717) is 5.56 Å². The zero-order chi connectivity index (χ0) is 14.9. The average Bonchev–Trinajstić information content (AvgIpc) is 2.64. The number of thioether (sulfide) groups is 1. The van der Waals surface area contributed by atoms with Crippen LogP contribution in [0.5, 0.6) is 0 Å². The van der Waals surface area contributed by atoms with Crippen LogP contribution in [0.2, 0.25) is 0 Å². The first-order valence-corrected chi connectivity index (χ1v) is 6.73. The molecule has 2 rings (SSSR count). The third kappa shape index (κ3) is 2.72. The van der Waals surface area contributed by atoms with Crippen LogP contribution in [-0.2, 0) is 4.79 Å². The summed E-state index contributed by atoms with van der Waals surface area (Å²) in [7, 11) is 0. The van der Waals surface area contributed by atoms with Gasteiger partial charge in [0, 0.05) is 18.2 Å². The minimum Gasteiger partial charge on any atom is -0.268 e. The van der Waals surface area contributed by atoms with E-state index < -0.39 is 4.92 Å². The van der Waals surface area contributed by atoms with Gasteiger partial charge in [-0.3, -0.25) is 24.6 Å². The number of hydrogen-bond acceptors (Lipinski definition) is 5. The maximum absolute atomic E-state index is 12.1. The van der Waals surface area contributed by atoms with Crippen molar-refractivity contribution in [1.29, 1.82) is 0 Å². The highest BCUT2D eigenvalue weighted by Crippen LogP contribution is 2.33. The van der Waals surface area contributed by atoms with Crippen LogP contribution in [0.15, 0.2) is 29.2 Å². The zero-order valence-corrected chi connectivity index (χ0v) is 11.7. The average molecular weight is 292 g/mol. The highest BCUT2D eigenvalue weighted by atomic mass is 32.2. The van der Waals surface area contributed by atoms with Gasteiger partial charge in [-0.05, 0) is 37.2 Å². The van der Waals surface area contributed by atoms with Crippen molar-refractivity contribution in [2.45, 2.75) is 19.9 Å². The molecule has 2 amide bonds. The number of nitro benzene ring substituents is 1. The van der Waals surface area contributed by atoms with Crippen LogP contribution < -0.4 is 0 Å². The standard InChI is InChI=1S/C13H12N2O4S/c1-8(2)14-12(16)11(20-13(14)17)7-9-4-3-5-10(6-9)15(18)19/h3-8H,1-2H3/b11-7-. The van der Waals surface area contributed by atoms with E-state index in [2.05, 4.69) is 0 Å². The second-order valence-corrected chi connectivity index (χ2v) is 5.49. The van der Waals surface area contributed by atoms with Gasteiger partial charge in [0.1, 0.15) is 0 Å². The quantitative estimate of drug-likeness (QED) is 0.486. The molecule has 0 atom stereocenters. The highest BCUT2D eigenvalue weighted by molar-refractivity contribution is 8.18. The van der Waals surface area contributed by atoms with Crippen LogP contribution in [-0.4, -0.2) is 27.0 Å². The van der Waals surface area contributed by atoms with E-state index in [4.69, 9.17) is 0 Å². The van der Waals surface area contributed by atoms with Gasteiger partial charge in [-0.2, -0.15) is 0 Å². The molecule has 0 radical (unpaired) electrons. The van der Waals surface area contributed by atoms with E-state index >= 15 is 0 Å². The molecule has 0 aromatic heterocycles. The molecule has 1 aromatic carbocycles. The number of nitro groups is 1. The zero-order valence-electron chi connectivity index (χ0n) is 10.9. The summed E-state index contributed by atoms with van der Waals surface area (Å²) in [6, 6.07) is 5.71. The van der Waals surface area contributed by atoms with E-state index in [1.807, 2.05) is 0 Å². The van der Waals surface area contributed by atoms with Gasteiger partial charge in [-0.1, -0.05) is 12.1 Å². The van der Waals surface area contributed by atoms with E-state index in [1.54, 1.807) is 19.9 Å². The molecule has 1 heterocycles. The lowest BCUT2D eigenvalue weighted by Crippen LogP contribution is -2.34. The number of carbonyl (C=O) groups excluding carboxylic acids is 2. The highest BCUT2D eigenvalue weighted by Gasteiger charge is 2.36. The molecule has 0 spiro atoms. The molecule has 0 saturated carbocycles. The van der Waals surface area contributed by atoms with Gasteiger partial charge >= 0.3 is 0 Å². The van der Waals surface area contributed by atoms with Crippen molar-refractivity contribution < 1.29 is 14.5 Å². The molecule has 1 aliphatic rings. The molecule has 1 aliphatic heterocycles. The maximum Gasteiger partial charge on any atom is 0.293 e. The lowest BCUT2D eigenvalue weighted by molar-refractivity contribution is -0.384. The maximum atomic E-state index is 12.1. The smallest absolute Gasteiger partial charge is 0.268 e. The fourth-order valence-electron chi connectivity index (χ4n) is 1.80. The van der Waals surface area contributed by atoms with Crippen molar-refractivity contribution in [2.24, 2.45) is 0 Å². The number of benzene rings is 1. The molecule has 0 aliphatic carbocycles. The summed E-state index contributed by atoms with van der Waals surface area (Å²) in [6.07, 6.45) is 1.50. The van der Waals surface area contributed by atoms with Crippen LogP contribution in [0, 0.1) is 10.1 Å². The Kier molecular flexibility index (Phi) is 3.89. The molecular formula is C13H12N2O4S. The minimum atomic E-state index is -0.503. The first-order valence-electron chi connectivity index (χ1n) is 5.91. The van der Waals surface area contributed by atoms with E-state index in [1.165, 1.54) is 29.2 Å². The Hall–Kier alpha value is -2.15. The lowest BCUT2D eigenvalue weighted by atomic mass is 10.2. The Morgan fingerprint density at radius 3 is 2.60 bits per heavy atom. The lowest BCUT2D eigenvalue weighted by Gasteiger charge is -2.16. The number of amides is 2. The molecule has 104 valence electrons. The Bertz CT molecular complexity index is 625. The van der Waals surface area contributed by atoms with Crippen LogP contribution in [0.4, 0.5) is 10.5 Å². The number of imide groups is 1. The van der Waals surface area contributed by atoms with Gasteiger partial charge in [0.2, 0.25) is 0 Å². The van der Waals surface area contributed by atoms with E-state index in [-0.39, 0.29) is 27.8 Å².